The summed E-state index contributed by atoms with van der Waals surface area (Å²) in [6.45, 7) is 25.2. The zero-order valence-electron chi connectivity index (χ0n) is 27.3. The van der Waals surface area contributed by atoms with Gasteiger partial charge in [-0.05, 0) is 108 Å². The normalized spacial score (nSPS) is 30.4. The van der Waals surface area contributed by atoms with Crippen LogP contribution < -0.4 is 16.4 Å². The molecule has 0 radical (unpaired) electrons. The molecule has 3 heterocycles. The zero-order chi connectivity index (χ0) is 29.4. The summed E-state index contributed by atoms with van der Waals surface area (Å²) in [5.74, 6) is 2.16. The number of nitrogen functional groups attached to an aromatic ring is 1. The maximum absolute atomic E-state index is 6.53. The van der Waals surface area contributed by atoms with Crippen LogP contribution in [0.4, 0.5) is 5.95 Å². The van der Waals surface area contributed by atoms with Gasteiger partial charge in [0, 0.05) is 34.2 Å². The summed E-state index contributed by atoms with van der Waals surface area (Å²) in [5.41, 5.74) is 6.30. The Labute approximate surface area is 239 Å². The second kappa shape index (κ2) is 11.9. The van der Waals surface area contributed by atoms with E-state index < -0.39 is 0 Å². The van der Waals surface area contributed by atoms with Gasteiger partial charge in [0.25, 0.3) is 0 Å². The maximum atomic E-state index is 6.53. The Morgan fingerprint density at radius 2 is 1.05 bits per heavy atom. The smallest absolute Gasteiger partial charge is 0.223 e. The average molecular weight is 545 g/mol. The predicted octanol–water partition coefficient (Wildman–Crippen LogP) is 4.92. The first-order valence-electron chi connectivity index (χ1n) is 15.5. The van der Waals surface area contributed by atoms with E-state index >= 15 is 0 Å². The third kappa shape index (κ3) is 6.44. The molecule has 2 aliphatic heterocycles. The van der Waals surface area contributed by atoms with Crippen molar-refractivity contribution < 1.29 is 0 Å². The zero-order valence-corrected chi connectivity index (χ0v) is 27.3. The third-order valence-electron chi connectivity index (χ3n) is 10.4. The second-order valence-corrected chi connectivity index (χ2v) is 14.7. The van der Waals surface area contributed by atoms with E-state index in [1.54, 1.807) is 0 Å². The van der Waals surface area contributed by atoms with E-state index in [9.17, 15) is 0 Å². The Balaban J connectivity index is 2.11. The monoisotopic (exact) mass is 544 g/mol. The van der Waals surface area contributed by atoms with Gasteiger partial charge in [0.15, 0.2) is 0 Å². The number of unbranched alkanes of at least 4 members (excludes halogenated alkanes) is 2. The Hall–Kier alpha value is -1.35. The van der Waals surface area contributed by atoms with E-state index in [-0.39, 0.29) is 46.1 Å². The molecule has 224 valence electrons. The summed E-state index contributed by atoms with van der Waals surface area (Å²) >= 11 is 0. The minimum atomic E-state index is -0.170. The molecule has 8 heteroatoms. The quantitative estimate of drug-likeness (QED) is 0.357. The number of anilines is 1. The lowest BCUT2D eigenvalue weighted by molar-refractivity contribution is -0.0410. The number of likely N-dealkylation sites (tertiary alicyclic amines) is 2. The molecule has 2 aliphatic rings. The Morgan fingerprint density at radius 3 is 1.38 bits per heavy atom. The van der Waals surface area contributed by atoms with Crippen molar-refractivity contribution in [1.29, 1.82) is 0 Å². The van der Waals surface area contributed by atoms with Gasteiger partial charge in [-0.1, -0.05) is 26.7 Å². The lowest BCUT2D eigenvalue weighted by atomic mass is 9.68. The summed E-state index contributed by atoms with van der Waals surface area (Å²) in [5, 5.41) is 7.82. The SMILES string of the molecule is CCCCNC1CC(C)(C)N(C)C(C)(C)C1c1nc(N)nc(C2C(NCCCC)CC(C)(C)N(C)C2(C)C)n1. The minimum absolute atomic E-state index is 0.0548. The summed E-state index contributed by atoms with van der Waals surface area (Å²) < 4.78 is 0. The van der Waals surface area contributed by atoms with Crippen LogP contribution in [0.15, 0.2) is 0 Å². The van der Waals surface area contributed by atoms with Gasteiger partial charge >= 0.3 is 0 Å². The van der Waals surface area contributed by atoms with E-state index in [4.69, 9.17) is 20.7 Å². The predicted molar refractivity (Wildman–Crippen MR) is 164 cm³/mol. The number of nitrogens with one attached hydrogen (secondary N) is 2. The molecule has 1 aromatic rings. The highest BCUT2D eigenvalue weighted by molar-refractivity contribution is 5.27. The first-order valence-corrected chi connectivity index (χ1v) is 15.5. The number of hydrogen-bond acceptors (Lipinski definition) is 8. The summed E-state index contributed by atoms with van der Waals surface area (Å²) in [4.78, 5) is 20.1. The number of likely N-dealkylation sites (N-methyl/N-ethyl adjacent to an activating group) is 2. The average Bonchev–Trinajstić information content (AvgIpc) is 2.81. The molecule has 0 aliphatic carbocycles. The highest BCUT2D eigenvalue weighted by Crippen LogP contribution is 2.48. The van der Waals surface area contributed by atoms with Crippen LogP contribution in [0.1, 0.15) is 131 Å². The second-order valence-electron chi connectivity index (χ2n) is 14.7. The van der Waals surface area contributed by atoms with Gasteiger partial charge in [0.05, 0.1) is 11.8 Å². The van der Waals surface area contributed by atoms with Gasteiger partial charge in [-0.3, -0.25) is 9.80 Å². The topological polar surface area (TPSA) is 95.2 Å². The number of aromatic nitrogens is 3. The fourth-order valence-corrected chi connectivity index (χ4v) is 7.55. The van der Waals surface area contributed by atoms with Crippen LogP contribution in [-0.4, -0.2) is 86.2 Å². The van der Waals surface area contributed by atoms with Crippen LogP contribution in [0.3, 0.4) is 0 Å². The summed E-state index contributed by atoms with van der Waals surface area (Å²) in [6.07, 6.45) is 6.71. The highest BCUT2D eigenvalue weighted by Gasteiger charge is 2.54. The number of nitrogens with zero attached hydrogens (tertiary/aromatic N) is 5. The molecule has 0 bridgehead atoms. The van der Waals surface area contributed by atoms with E-state index in [1.807, 2.05) is 0 Å². The van der Waals surface area contributed by atoms with Crippen molar-refractivity contribution in [2.45, 2.75) is 154 Å². The first-order chi connectivity index (χ1) is 18.0. The molecule has 4 unspecified atom stereocenters. The van der Waals surface area contributed by atoms with Crippen LogP contribution in [-0.2, 0) is 0 Å². The Kier molecular flexibility index (Phi) is 9.79. The molecule has 3 rings (SSSR count). The molecule has 39 heavy (non-hydrogen) atoms. The molecule has 4 atom stereocenters. The van der Waals surface area contributed by atoms with Crippen molar-refractivity contribution in [3.8, 4) is 0 Å². The lowest BCUT2D eigenvalue weighted by Crippen LogP contribution is -2.67. The highest BCUT2D eigenvalue weighted by atomic mass is 15.3. The molecule has 2 saturated heterocycles. The first kappa shape index (κ1) is 32.2. The number of nitrogens with two attached hydrogens (primary N) is 1. The molecule has 1 aromatic heterocycles. The van der Waals surface area contributed by atoms with Crippen LogP contribution in [0.25, 0.3) is 0 Å². The molecule has 4 N–H and O–H groups in total. The number of hydrogen-bond donors (Lipinski definition) is 3. The summed E-state index contributed by atoms with van der Waals surface area (Å²) in [6, 6.07) is 0.513. The fraction of sp³-hybridized carbons (Fsp3) is 0.903. The maximum Gasteiger partial charge on any atom is 0.223 e. The van der Waals surface area contributed by atoms with E-state index in [2.05, 4.69) is 104 Å². The minimum Gasteiger partial charge on any atom is -0.368 e. The van der Waals surface area contributed by atoms with E-state index in [0.29, 0.717) is 5.95 Å². The van der Waals surface area contributed by atoms with Crippen LogP contribution in [0.2, 0.25) is 0 Å². The largest absolute Gasteiger partial charge is 0.368 e. The van der Waals surface area contributed by atoms with Crippen molar-refractivity contribution in [3.05, 3.63) is 11.6 Å². The van der Waals surface area contributed by atoms with Crippen molar-refractivity contribution >= 4 is 5.95 Å². The third-order valence-corrected chi connectivity index (χ3v) is 10.4. The van der Waals surface area contributed by atoms with Crippen LogP contribution in [0, 0.1) is 0 Å². The molecule has 0 spiro atoms. The van der Waals surface area contributed by atoms with Crippen molar-refractivity contribution in [1.82, 2.24) is 35.4 Å². The molecule has 0 saturated carbocycles. The van der Waals surface area contributed by atoms with Gasteiger partial charge in [-0.25, -0.2) is 4.98 Å². The Morgan fingerprint density at radius 1 is 0.692 bits per heavy atom. The number of piperidine rings is 2. The van der Waals surface area contributed by atoms with Crippen molar-refractivity contribution in [3.63, 3.8) is 0 Å². The van der Waals surface area contributed by atoms with E-state index in [1.165, 1.54) is 12.8 Å². The van der Waals surface area contributed by atoms with Gasteiger partial charge in [-0.2, -0.15) is 9.97 Å². The van der Waals surface area contributed by atoms with Gasteiger partial charge in [-0.15, -0.1) is 0 Å². The van der Waals surface area contributed by atoms with Gasteiger partial charge < -0.3 is 16.4 Å². The van der Waals surface area contributed by atoms with Crippen molar-refractivity contribution in [2.24, 2.45) is 0 Å². The van der Waals surface area contributed by atoms with Crippen LogP contribution >= 0.6 is 0 Å². The van der Waals surface area contributed by atoms with Gasteiger partial charge in [0.1, 0.15) is 11.6 Å². The molecule has 0 amide bonds. The number of rotatable bonds is 10. The standard InChI is InChI=1S/C31H60N8/c1-13-15-17-33-21-19-28(3,4)38(11)30(7,8)23(21)25-35-26(37-27(32)36-25)24-22(34-18-16-14-2)20-29(5,6)39(12)31(24,9)10/h21-24,33-34H,13-20H2,1-12H3,(H2,32,35,36,37). The van der Waals surface area contributed by atoms with E-state index in [0.717, 1.165) is 50.4 Å². The van der Waals surface area contributed by atoms with Crippen molar-refractivity contribution in [2.75, 3.05) is 32.9 Å². The van der Waals surface area contributed by atoms with Gasteiger partial charge in [0.2, 0.25) is 5.95 Å². The van der Waals surface area contributed by atoms with Crippen LogP contribution in [0.5, 0.6) is 0 Å². The Bertz CT molecular complexity index is 884. The lowest BCUT2D eigenvalue weighted by Gasteiger charge is -2.58. The molecule has 0 aromatic carbocycles. The summed E-state index contributed by atoms with van der Waals surface area (Å²) in [7, 11) is 4.49. The molecular formula is C31H60N8. The molecular weight excluding hydrogens is 484 g/mol. The molecule has 2 fully saturated rings. The fourth-order valence-electron chi connectivity index (χ4n) is 7.55. The molecule has 8 nitrogen and oxygen atoms in total.